The van der Waals surface area contributed by atoms with Crippen LogP contribution in [0.25, 0.3) is 0 Å². The van der Waals surface area contributed by atoms with Gasteiger partial charge in [-0.25, -0.2) is 0 Å². The van der Waals surface area contributed by atoms with Crippen LogP contribution in [0.15, 0.2) is 18.2 Å². The molecule has 5 heteroatoms. The topological polar surface area (TPSA) is 30.5 Å². The Morgan fingerprint density at radius 1 is 1.20 bits per heavy atom. The molecule has 1 N–H and O–H groups in total. The third-order valence-electron chi connectivity index (χ3n) is 2.75. The second-order valence-electron chi connectivity index (χ2n) is 4.95. The molecule has 0 radical (unpaired) electrons. The van der Waals surface area contributed by atoms with Crippen molar-refractivity contribution in [1.29, 1.82) is 0 Å². The molecule has 0 saturated heterocycles. The van der Waals surface area contributed by atoms with Crippen LogP contribution in [0, 0.1) is 5.92 Å². The fraction of sp³-hybridized carbons (Fsp3) is 0.600. The summed E-state index contributed by atoms with van der Waals surface area (Å²) in [5.41, 5.74) is 0.985. The van der Waals surface area contributed by atoms with Crippen LogP contribution in [-0.4, -0.2) is 19.8 Å². The summed E-state index contributed by atoms with van der Waals surface area (Å²) in [6.07, 6.45) is 1.10. The largest absolute Gasteiger partial charge is 0.490 e. The molecule has 0 spiro atoms. The lowest BCUT2D eigenvalue weighted by atomic mass is 10.1. The average molecular weight is 287 g/mol. The quantitative estimate of drug-likeness (QED) is 0.700. The molecule has 114 valence electrons. The summed E-state index contributed by atoms with van der Waals surface area (Å²) in [6.45, 7) is 5.32. The number of hydrogen-bond donors (Lipinski definition) is 1. The number of halogens is 2. The van der Waals surface area contributed by atoms with E-state index in [0.717, 1.165) is 18.5 Å². The Bertz CT molecular complexity index is 397. The number of benzene rings is 1. The van der Waals surface area contributed by atoms with Gasteiger partial charge in [-0.3, -0.25) is 0 Å². The molecule has 1 aromatic rings. The molecule has 0 heterocycles. The van der Waals surface area contributed by atoms with Gasteiger partial charge in [-0.05, 0) is 43.5 Å². The number of ether oxygens (including phenoxy) is 2. The molecule has 20 heavy (non-hydrogen) atoms. The van der Waals surface area contributed by atoms with E-state index < -0.39 is 6.61 Å². The fourth-order valence-corrected chi connectivity index (χ4v) is 1.75. The molecule has 0 aliphatic carbocycles. The molecule has 0 saturated carbocycles. The van der Waals surface area contributed by atoms with E-state index in [-0.39, 0.29) is 5.75 Å². The Morgan fingerprint density at radius 2 is 1.95 bits per heavy atom. The van der Waals surface area contributed by atoms with Crippen LogP contribution in [0.2, 0.25) is 0 Å². The number of alkyl halides is 2. The fourth-order valence-electron chi connectivity index (χ4n) is 1.75. The number of nitrogens with one attached hydrogen (secondary N) is 1. The molecular formula is C15H23F2NO2. The van der Waals surface area contributed by atoms with Crippen molar-refractivity contribution in [3.05, 3.63) is 23.8 Å². The predicted molar refractivity (Wildman–Crippen MR) is 75.4 cm³/mol. The van der Waals surface area contributed by atoms with Gasteiger partial charge in [-0.2, -0.15) is 8.78 Å². The van der Waals surface area contributed by atoms with E-state index in [1.54, 1.807) is 19.1 Å². The van der Waals surface area contributed by atoms with Crippen molar-refractivity contribution in [2.24, 2.45) is 5.92 Å². The highest BCUT2D eigenvalue weighted by Gasteiger charge is 2.11. The summed E-state index contributed by atoms with van der Waals surface area (Å²) in [6, 6.07) is 5.03. The Hall–Kier alpha value is -1.36. The molecule has 0 unspecified atom stereocenters. The number of hydrogen-bond acceptors (Lipinski definition) is 3. The highest BCUT2D eigenvalue weighted by Crippen LogP contribution is 2.29. The summed E-state index contributed by atoms with van der Waals surface area (Å²) in [5, 5.41) is 3.32. The molecule has 3 nitrogen and oxygen atoms in total. The molecule has 1 rings (SSSR count). The van der Waals surface area contributed by atoms with Gasteiger partial charge in [0.2, 0.25) is 0 Å². The molecule has 0 amide bonds. The van der Waals surface area contributed by atoms with E-state index in [2.05, 4.69) is 23.9 Å². The van der Waals surface area contributed by atoms with Crippen molar-refractivity contribution in [3.63, 3.8) is 0 Å². The second-order valence-corrected chi connectivity index (χ2v) is 4.95. The van der Waals surface area contributed by atoms with Crippen LogP contribution in [0.4, 0.5) is 8.78 Å². The van der Waals surface area contributed by atoms with Crippen molar-refractivity contribution in [1.82, 2.24) is 5.32 Å². The summed E-state index contributed by atoms with van der Waals surface area (Å²) < 4.78 is 34.3. The van der Waals surface area contributed by atoms with Crippen molar-refractivity contribution in [2.75, 3.05) is 13.2 Å². The summed E-state index contributed by atoms with van der Waals surface area (Å²) in [4.78, 5) is 0. The standard InChI is InChI=1S/C15H23F2NO2/c1-4-19-14-9-12(10-18-8-7-11(2)3)5-6-13(14)20-15(16)17/h5-6,9,11,15,18H,4,7-8,10H2,1-3H3. The van der Waals surface area contributed by atoms with Crippen molar-refractivity contribution in [3.8, 4) is 11.5 Å². The van der Waals surface area contributed by atoms with Gasteiger partial charge in [-0.15, -0.1) is 0 Å². The minimum atomic E-state index is -2.84. The Morgan fingerprint density at radius 3 is 2.55 bits per heavy atom. The van der Waals surface area contributed by atoms with Gasteiger partial charge < -0.3 is 14.8 Å². The van der Waals surface area contributed by atoms with Crippen molar-refractivity contribution >= 4 is 0 Å². The zero-order valence-corrected chi connectivity index (χ0v) is 12.3. The van der Waals surface area contributed by atoms with Gasteiger partial charge in [0.1, 0.15) is 0 Å². The Kier molecular flexibility index (Phi) is 7.30. The molecule has 0 fully saturated rings. The van der Waals surface area contributed by atoms with E-state index in [4.69, 9.17) is 4.74 Å². The normalized spacial score (nSPS) is 11.2. The van der Waals surface area contributed by atoms with Crippen LogP contribution in [0.3, 0.4) is 0 Å². The smallest absolute Gasteiger partial charge is 0.387 e. The van der Waals surface area contributed by atoms with Crippen LogP contribution in [0.5, 0.6) is 11.5 Å². The van der Waals surface area contributed by atoms with Crippen LogP contribution in [-0.2, 0) is 6.54 Å². The summed E-state index contributed by atoms with van der Waals surface area (Å²) >= 11 is 0. The van der Waals surface area contributed by atoms with Crippen molar-refractivity contribution < 1.29 is 18.3 Å². The Balaban J connectivity index is 2.62. The lowest BCUT2D eigenvalue weighted by Crippen LogP contribution is -2.16. The third kappa shape index (κ3) is 6.19. The van der Waals surface area contributed by atoms with Crippen LogP contribution < -0.4 is 14.8 Å². The highest BCUT2D eigenvalue weighted by molar-refractivity contribution is 5.43. The first-order chi connectivity index (χ1) is 9.52. The summed E-state index contributed by atoms with van der Waals surface area (Å²) in [7, 11) is 0. The SMILES string of the molecule is CCOc1cc(CNCCC(C)C)ccc1OC(F)F. The lowest BCUT2D eigenvalue weighted by molar-refractivity contribution is -0.0514. The highest BCUT2D eigenvalue weighted by atomic mass is 19.3. The molecule has 0 aromatic heterocycles. The zero-order valence-electron chi connectivity index (χ0n) is 12.3. The molecule has 0 atom stereocenters. The average Bonchev–Trinajstić information content (AvgIpc) is 2.37. The molecule has 0 aliphatic heterocycles. The van der Waals surface area contributed by atoms with Gasteiger partial charge in [0.25, 0.3) is 0 Å². The van der Waals surface area contributed by atoms with Gasteiger partial charge in [-0.1, -0.05) is 19.9 Å². The van der Waals surface area contributed by atoms with Gasteiger partial charge in [0.15, 0.2) is 11.5 Å². The Labute approximate surface area is 119 Å². The molecular weight excluding hydrogens is 264 g/mol. The molecule has 1 aromatic carbocycles. The summed E-state index contributed by atoms with van der Waals surface area (Å²) in [5.74, 6) is 1.09. The van der Waals surface area contributed by atoms with Crippen molar-refractivity contribution in [2.45, 2.75) is 40.3 Å². The molecule has 0 bridgehead atoms. The third-order valence-corrected chi connectivity index (χ3v) is 2.75. The number of rotatable bonds is 9. The lowest BCUT2D eigenvalue weighted by Gasteiger charge is -2.13. The van der Waals surface area contributed by atoms with E-state index in [1.807, 2.05) is 0 Å². The van der Waals surface area contributed by atoms with Gasteiger partial charge in [0, 0.05) is 6.54 Å². The predicted octanol–water partition coefficient (Wildman–Crippen LogP) is 3.82. The molecule has 0 aliphatic rings. The zero-order chi connectivity index (χ0) is 15.0. The van der Waals surface area contributed by atoms with E-state index in [9.17, 15) is 8.78 Å². The first-order valence-electron chi connectivity index (χ1n) is 6.94. The minimum Gasteiger partial charge on any atom is -0.490 e. The van der Waals surface area contributed by atoms with Crippen LogP contribution in [0.1, 0.15) is 32.8 Å². The van der Waals surface area contributed by atoms with E-state index in [1.165, 1.54) is 6.07 Å². The first kappa shape index (κ1) is 16.7. The maximum atomic E-state index is 12.3. The van der Waals surface area contributed by atoms with E-state index in [0.29, 0.717) is 24.8 Å². The van der Waals surface area contributed by atoms with E-state index >= 15 is 0 Å². The van der Waals surface area contributed by atoms with Crippen LogP contribution >= 0.6 is 0 Å². The second kappa shape index (κ2) is 8.74. The van der Waals surface area contributed by atoms with Gasteiger partial charge >= 0.3 is 6.61 Å². The first-order valence-corrected chi connectivity index (χ1v) is 6.94. The minimum absolute atomic E-state index is 0.0766. The van der Waals surface area contributed by atoms with Gasteiger partial charge in [0.05, 0.1) is 6.61 Å². The monoisotopic (exact) mass is 287 g/mol. The maximum absolute atomic E-state index is 12.3. The maximum Gasteiger partial charge on any atom is 0.387 e.